The number of aldehydes is 1. The zero-order valence-corrected chi connectivity index (χ0v) is 13.9. The molecule has 2 rings (SSSR count). The number of ether oxygens (including phenoxy) is 2. The molecule has 0 radical (unpaired) electrons. The molecule has 0 unspecified atom stereocenters. The second-order valence-electron chi connectivity index (χ2n) is 4.85. The molecule has 7 nitrogen and oxygen atoms in total. The molecule has 126 valence electrons. The van der Waals surface area contributed by atoms with Crippen molar-refractivity contribution < 1.29 is 19.1 Å². The summed E-state index contributed by atoms with van der Waals surface area (Å²) < 4.78 is 11.5. The number of halogens is 1. The highest BCUT2D eigenvalue weighted by Crippen LogP contribution is 2.30. The Kier molecular flexibility index (Phi) is 5.70. The van der Waals surface area contributed by atoms with Gasteiger partial charge < -0.3 is 14.3 Å². The molecular formula is C16H15ClN2O5. The fraction of sp³-hybridized carbons (Fsp3) is 0.250. The number of methoxy groups -OCH3 is 1. The first-order valence-corrected chi connectivity index (χ1v) is 7.42. The molecule has 1 aromatic heterocycles. The lowest BCUT2D eigenvalue weighted by Gasteiger charge is -2.12. The minimum Gasteiger partial charge on any atom is -0.496 e. The van der Waals surface area contributed by atoms with Crippen molar-refractivity contribution in [1.29, 1.82) is 0 Å². The van der Waals surface area contributed by atoms with Crippen LogP contribution < -0.4 is 15.0 Å². The summed E-state index contributed by atoms with van der Waals surface area (Å²) in [6.07, 6.45) is 0.798. The van der Waals surface area contributed by atoms with Crippen LogP contribution >= 0.6 is 11.6 Å². The van der Waals surface area contributed by atoms with Gasteiger partial charge in [0.05, 0.1) is 18.7 Å². The topological polar surface area (TPSA) is 87.5 Å². The van der Waals surface area contributed by atoms with Crippen molar-refractivity contribution in [2.24, 2.45) is 0 Å². The summed E-state index contributed by atoms with van der Waals surface area (Å²) in [4.78, 5) is 34.5. The molecule has 8 heteroatoms. The molecule has 1 heterocycles. The summed E-state index contributed by atoms with van der Waals surface area (Å²) in [5.41, 5.74) is 0.396. The van der Waals surface area contributed by atoms with E-state index in [9.17, 15) is 14.4 Å². The average molecular weight is 351 g/mol. The standard InChI is InChI=1S/C16H15ClN2O5/c1-10-4-5-11(17)14(15(10)23-2)16(22)24-12-6-7-13(21)19(18-12)8-3-9-20/h4-7,9H,3,8H2,1-2H3. The molecule has 0 saturated carbocycles. The van der Waals surface area contributed by atoms with Crippen molar-refractivity contribution in [2.45, 2.75) is 19.9 Å². The van der Waals surface area contributed by atoms with E-state index in [1.807, 2.05) is 0 Å². The third-order valence-electron chi connectivity index (χ3n) is 3.21. The second-order valence-corrected chi connectivity index (χ2v) is 5.26. The van der Waals surface area contributed by atoms with E-state index in [1.54, 1.807) is 19.1 Å². The monoisotopic (exact) mass is 350 g/mol. The van der Waals surface area contributed by atoms with E-state index in [1.165, 1.54) is 19.2 Å². The van der Waals surface area contributed by atoms with E-state index in [0.717, 1.165) is 10.2 Å². The van der Waals surface area contributed by atoms with E-state index in [0.29, 0.717) is 12.0 Å². The van der Waals surface area contributed by atoms with Crippen LogP contribution in [0.15, 0.2) is 29.1 Å². The van der Waals surface area contributed by atoms with Crippen LogP contribution in [-0.4, -0.2) is 29.1 Å². The molecule has 0 bridgehead atoms. The van der Waals surface area contributed by atoms with Crippen molar-refractivity contribution >= 4 is 23.9 Å². The van der Waals surface area contributed by atoms with Gasteiger partial charge in [-0.2, -0.15) is 0 Å². The maximum Gasteiger partial charge on any atom is 0.350 e. The number of aryl methyl sites for hydroxylation is 2. The molecule has 0 N–H and O–H groups in total. The van der Waals surface area contributed by atoms with Crippen LogP contribution in [0.25, 0.3) is 0 Å². The minimum absolute atomic E-state index is 0.0756. The van der Waals surface area contributed by atoms with Crippen molar-refractivity contribution in [3.8, 4) is 11.6 Å². The van der Waals surface area contributed by atoms with Crippen molar-refractivity contribution in [3.63, 3.8) is 0 Å². The Bertz CT molecular complexity index is 832. The smallest absolute Gasteiger partial charge is 0.350 e. The number of rotatable bonds is 6. The summed E-state index contributed by atoms with van der Waals surface area (Å²) in [5, 5.41) is 4.08. The van der Waals surface area contributed by atoms with E-state index >= 15 is 0 Å². The summed E-state index contributed by atoms with van der Waals surface area (Å²) >= 11 is 6.07. The fourth-order valence-corrected chi connectivity index (χ4v) is 2.31. The van der Waals surface area contributed by atoms with Gasteiger partial charge in [0, 0.05) is 18.6 Å². The van der Waals surface area contributed by atoms with Gasteiger partial charge in [-0.3, -0.25) is 4.79 Å². The van der Waals surface area contributed by atoms with Crippen LogP contribution in [-0.2, 0) is 11.3 Å². The number of esters is 1. The minimum atomic E-state index is -0.756. The van der Waals surface area contributed by atoms with Crippen molar-refractivity contribution in [1.82, 2.24) is 9.78 Å². The molecule has 0 aliphatic rings. The van der Waals surface area contributed by atoms with Crippen molar-refractivity contribution in [3.05, 3.63) is 50.8 Å². The van der Waals surface area contributed by atoms with Crippen LogP contribution in [0.2, 0.25) is 5.02 Å². The van der Waals surface area contributed by atoms with Gasteiger partial charge >= 0.3 is 5.97 Å². The molecule has 0 aliphatic heterocycles. The molecule has 0 aliphatic carbocycles. The van der Waals surface area contributed by atoms with E-state index in [4.69, 9.17) is 21.1 Å². The highest BCUT2D eigenvalue weighted by atomic mass is 35.5. The van der Waals surface area contributed by atoms with Crippen LogP contribution in [0, 0.1) is 6.92 Å². The van der Waals surface area contributed by atoms with Gasteiger partial charge in [-0.05, 0) is 18.6 Å². The van der Waals surface area contributed by atoms with Gasteiger partial charge in [-0.25, -0.2) is 9.48 Å². The predicted molar refractivity (Wildman–Crippen MR) is 86.9 cm³/mol. The Labute approximate surface area is 142 Å². The average Bonchev–Trinajstić information content (AvgIpc) is 2.56. The Morgan fingerprint density at radius 3 is 2.75 bits per heavy atom. The zero-order valence-electron chi connectivity index (χ0n) is 13.1. The number of aromatic nitrogens is 2. The summed E-state index contributed by atoms with van der Waals surface area (Å²) in [7, 11) is 1.42. The highest BCUT2D eigenvalue weighted by molar-refractivity contribution is 6.34. The molecule has 0 saturated heterocycles. The first-order valence-electron chi connectivity index (χ1n) is 7.05. The largest absolute Gasteiger partial charge is 0.496 e. The number of hydrogen-bond acceptors (Lipinski definition) is 6. The van der Waals surface area contributed by atoms with Crippen LogP contribution in [0.5, 0.6) is 11.6 Å². The predicted octanol–water partition coefficient (Wildman–Crippen LogP) is 2.02. The zero-order chi connectivity index (χ0) is 17.7. The first kappa shape index (κ1) is 17.7. The lowest BCUT2D eigenvalue weighted by molar-refractivity contribution is -0.108. The van der Waals surface area contributed by atoms with Gasteiger partial charge in [-0.1, -0.05) is 17.7 Å². The Morgan fingerprint density at radius 2 is 2.08 bits per heavy atom. The van der Waals surface area contributed by atoms with Crippen LogP contribution in [0.1, 0.15) is 22.3 Å². The molecule has 24 heavy (non-hydrogen) atoms. The lowest BCUT2D eigenvalue weighted by atomic mass is 10.1. The third kappa shape index (κ3) is 3.80. The van der Waals surface area contributed by atoms with E-state index in [2.05, 4.69) is 5.10 Å². The molecule has 1 aromatic carbocycles. The third-order valence-corrected chi connectivity index (χ3v) is 3.53. The SMILES string of the molecule is COc1c(C)ccc(Cl)c1C(=O)Oc1ccc(=O)n(CCC=O)n1. The maximum atomic E-state index is 12.4. The summed E-state index contributed by atoms with van der Waals surface area (Å²) in [6.45, 7) is 1.87. The first-order chi connectivity index (χ1) is 11.5. The molecule has 0 atom stereocenters. The number of carbonyl (C=O) groups excluding carboxylic acids is 2. The van der Waals surface area contributed by atoms with Gasteiger partial charge in [0.1, 0.15) is 17.6 Å². The number of nitrogens with zero attached hydrogens (tertiary/aromatic N) is 2. The summed E-state index contributed by atoms with van der Waals surface area (Å²) in [6, 6.07) is 5.76. The lowest BCUT2D eigenvalue weighted by Crippen LogP contribution is -2.23. The normalized spacial score (nSPS) is 10.3. The number of benzene rings is 1. The molecule has 0 spiro atoms. The molecule has 0 fully saturated rings. The second kappa shape index (κ2) is 7.74. The number of carbonyl (C=O) groups is 2. The molecule has 2 aromatic rings. The Morgan fingerprint density at radius 1 is 1.33 bits per heavy atom. The Balaban J connectivity index is 2.32. The number of hydrogen-bond donors (Lipinski definition) is 0. The van der Waals surface area contributed by atoms with Gasteiger partial charge in [-0.15, -0.1) is 5.10 Å². The molecular weight excluding hydrogens is 336 g/mol. The fourth-order valence-electron chi connectivity index (χ4n) is 2.08. The maximum absolute atomic E-state index is 12.4. The summed E-state index contributed by atoms with van der Waals surface area (Å²) in [5.74, 6) is -0.527. The van der Waals surface area contributed by atoms with Crippen LogP contribution in [0.3, 0.4) is 0 Å². The Hall–Kier alpha value is -2.67. The van der Waals surface area contributed by atoms with Gasteiger partial charge in [0.15, 0.2) is 0 Å². The highest BCUT2D eigenvalue weighted by Gasteiger charge is 2.21. The van der Waals surface area contributed by atoms with Gasteiger partial charge in [0.25, 0.3) is 5.56 Å². The van der Waals surface area contributed by atoms with Crippen molar-refractivity contribution in [2.75, 3.05) is 7.11 Å². The van der Waals surface area contributed by atoms with Gasteiger partial charge in [0.2, 0.25) is 5.88 Å². The van der Waals surface area contributed by atoms with E-state index in [-0.39, 0.29) is 29.4 Å². The van der Waals surface area contributed by atoms with Crippen LogP contribution in [0.4, 0.5) is 0 Å². The quantitative estimate of drug-likeness (QED) is 0.585. The van der Waals surface area contributed by atoms with E-state index < -0.39 is 11.5 Å². The molecule has 0 amide bonds.